The molecule has 2 aromatic carbocycles. The van der Waals surface area contributed by atoms with E-state index < -0.39 is 0 Å². The average molecular weight is 248 g/mol. The van der Waals surface area contributed by atoms with Crippen molar-refractivity contribution in [1.29, 1.82) is 0 Å². The molecule has 0 atom stereocenters. The summed E-state index contributed by atoms with van der Waals surface area (Å²) in [5, 5.41) is 0. The van der Waals surface area contributed by atoms with Crippen molar-refractivity contribution in [3.63, 3.8) is 0 Å². The Morgan fingerprint density at radius 2 is 1.11 bits per heavy atom. The lowest BCUT2D eigenvalue weighted by Gasteiger charge is -2.08. The van der Waals surface area contributed by atoms with Crippen LogP contribution in [0.25, 0.3) is 12.2 Å². The van der Waals surface area contributed by atoms with Gasteiger partial charge in [-0.1, -0.05) is 73.8 Å². The van der Waals surface area contributed by atoms with Gasteiger partial charge in [-0.3, -0.25) is 0 Å². The predicted molar refractivity (Wildman–Crippen MR) is 85.1 cm³/mol. The molecule has 19 heavy (non-hydrogen) atoms. The van der Waals surface area contributed by atoms with E-state index in [4.69, 9.17) is 0 Å². The van der Waals surface area contributed by atoms with Gasteiger partial charge < -0.3 is 0 Å². The van der Waals surface area contributed by atoms with Crippen molar-refractivity contribution >= 4 is 12.2 Å². The maximum atomic E-state index is 3.87. The van der Waals surface area contributed by atoms with E-state index in [1.807, 2.05) is 12.2 Å². The summed E-state index contributed by atoms with van der Waals surface area (Å²) in [4.78, 5) is 0. The van der Waals surface area contributed by atoms with E-state index in [0.717, 1.165) is 19.3 Å². The summed E-state index contributed by atoms with van der Waals surface area (Å²) in [5.41, 5.74) is 5.26. The largest absolute Gasteiger partial charge is 0.0985 e. The Labute approximate surface area is 116 Å². The van der Waals surface area contributed by atoms with Gasteiger partial charge in [0.15, 0.2) is 0 Å². The molecular formula is C19H20. The fourth-order valence-electron chi connectivity index (χ4n) is 2.39. The molecule has 2 aromatic rings. The Kier molecular flexibility index (Phi) is 4.74. The lowest BCUT2D eigenvalue weighted by atomic mass is 9.97. The van der Waals surface area contributed by atoms with Crippen LogP contribution < -0.4 is 0 Å². The molecule has 0 aromatic heterocycles. The zero-order chi connectivity index (χ0) is 13.5. The van der Waals surface area contributed by atoms with Crippen LogP contribution in [0.2, 0.25) is 0 Å². The molecule has 0 heteroatoms. The third-order valence-electron chi connectivity index (χ3n) is 3.44. The molecule has 0 bridgehead atoms. The fourth-order valence-corrected chi connectivity index (χ4v) is 2.39. The Balaban J connectivity index is 2.00. The van der Waals surface area contributed by atoms with Crippen LogP contribution in [0.1, 0.15) is 28.7 Å². The van der Waals surface area contributed by atoms with Gasteiger partial charge in [0, 0.05) is 0 Å². The first-order valence-corrected chi connectivity index (χ1v) is 6.76. The van der Waals surface area contributed by atoms with Crippen molar-refractivity contribution in [2.24, 2.45) is 0 Å². The van der Waals surface area contributed by atoms with E-state index in [9.17, 15) is 0 Å². The maximum absolute atomic E-state index is 3.87. The van der Waals surface area contributed by atoms with E-state index in [1.54, 1.807) is 0 Å². The molecule has 96 valence electrons. The minimum absolute atomic E-state index is 1.09. The van der Waals surface area contributed by atoms with Crippen molar-refractivity contribution in [2.75, 3.05) is 0 Å². The van der Waals surface area contributed by atoms with Gasteiger partial charge in [-0.2, -0.15) is 0 Å². The second kappa shape index (κ2) is 6.75. The molecule has 0 aliphatic rings. The van der Waals surface area contributed by atoms with Crippen LogP contribution in [0.4, 0.5) is 0 Å². The molecular weight excluding hydrogens is 228 g/mol. The Hall–Kier alpha value is -2.08. The van der Waals surface area contributed by atoms with Gasteiger partial charge in [0.2, 0.25) is 0 Å². The second-order valence-corrected chi connectivity index (χ2v) is 4.66. The zero-order valence-electron chi connectivity index (χ0n) is 11.3. The minimum Gasteiger partial charge on any atom is -0.0985 e. The van der Waals surface area contributed by atoms with Crippen LogP contribution >= 0.6 is 0 Å². The molecule has 2 rings (SSSR count). The first-order valence-electron chi connectivity index (χ1n) is 6.76. The highest BCUT2D eigenvalue weighted by atomic mass is 14.1. The quantitative estimate of drug-likeness (QED) is 0.663. The summed E-state index contributed by atoms with van der Waals surface area (Å²) < 4.78 is 0. The van der Waals surface area contributed by atoms with Crippen LogP contribution in [-0.2, 0) is 12.8 Å². The van der Waals surface area contributed by atoms with Gasteiger partial charge in [-0.15, -0.1) is 0 Å². The van der Waals surface area contributed by atoms with Crippen LogP contribution in [0, 0.1) is 0 Å². The van der Waals surface area contributed by atoms with Gasteiger partial charge in [0.25, 0.3) is 0 Å². The molecule has 0 spiro atoms. The molecule has 0 unspecified atom stereocenters. The molecule has 0 saturated carbocycles. The van der Waals surface area contributed by atoms with Crippen LogP contribution in [0.5, 0.6) is 0 Å². The first kappa shape index (κ1) is 13.4. The second-order valence-electron chi connectivity index (χ2n) is 4.66. The summed E-state index contributed by atoms with van der Waals surface area (Å²) in [7, 11) is 0. The number of rotatable bonds is 6. The van der Waals surface area contributed by atoms with E-state index in [0.29, 0.717) is 0 Å². The third kappa shape index (κ3) is 3.45. The standard InChI is InChI=1S/C19H20/c1-3-16-10-5-7-12-18(16)14-9-15-19-13-8-6-11-17(19)4-2/h3-8,10-13H,1-2,9,14-15H2. The van der Waals surface area contributed by atoms with E-state index in [-0.39, 0.29) is 0 Å². The fraction of sp³-hybridized carbons (Fsp3) is 0.158. The summed E-state index contributed by atoms with van der Waals surface area (Å²) in [6.07, 6.45) is 7.21. The van der Waals surface area contributed by atoms with Crippen molar-refractivity contribution < 1.29 is 0 Å². The SMILES string of the molecule is C=Cc1ccccc1CCCc1ccccc1C=C. The van der Waals surface area contributed by atoms with Gasteiger partial charge in [-0.25, -0.2) is 0 Å². The highest BCUT2D eigenvalue weighted by Crippen LogP contribution is 2.16. The van der Waals surface area contributed by atoms with Crippen molar-refractivity contribution in [1.82, 2.24) is 0 Å². The highest BCUT2D eigenvalue weighted by Gasteiger charge is 2.01. The smallest absolute Gasteiger partial charge is 0.0230 e. The Morgan fingerprint density at radius 3 is 1.53 bits per heavy atom. The van der Waals surface area contributed by atoms with E-state index in [2.05, 4.69) is 61.7 Å². The molecule has 0 radical (unpaired) electrons. The lowest BCUT2D eigenvalue weighted by Crippen LogP contribution is -1.94. The topological polar surface area (TPSA) is 0 Å². The maximum Gasteiger partial charge on any atom is -0.0230 e. The molecule has 0 aliphatic carbocycles. The zero-order valence-corrected chi connectivity index (χ0v) is 11.3. The number of aryl methyl sites for hydroxylation is 2. The number of hydrogen-bond acceptors (Lipinski definition) is 0. The molecule has 0 fully saturated rings. The first-order chi connectivity index (χ1) is 9.35. The molecule has 0 N–H and O–H groups in total. The monoisotopic (exact) mass is 248 g/mol. The molecule has 0 nitrogen and oxygen atoms in total. The van der Waals surface area contributed by atoms with E-state index in [1.165, 1.54) is 22.3 Å². The van der Waals surface area contributed by atoms with Crippen molar-refractivity contribution in [3.05, 3.63) is 83.9 Å². The molecule has 0 aliphatic heterocycles. The van der Waals surface area contributed by atoms with Gasteiger partial charge in [0.1, 0.15) is 0 Å². The average Bonchev–Trinajstić information content (AvgIpc) is 2.48. The normalized spacial score (nSPS) is 10.1. The Bertz CT molecular complexity index is 512. The van der Waals surface area contributed by atoms with Gasteiger partial charge in [0.05, 0.1) is 0 Å². The predicted octanol–water partition coefficient (Wildman–Crippen LogP) is 5.15. The third-order valence-corrected chi connectivity index (χ3v) is 3.44. The molecule has 0 heterocycles. The van der Waals surface area contributed by atoms with Gasteiger partial charge >= 0.3 is 0 Å². The lowest BCUT2D eigenvalue weighted by molar-refractivity contribution is 0.818. The van der Waals surface area contributed by atoms with E-state index >= 15 is 0 Å². The molecule has 0 saturated heterocycles. The van der Waals surface area contributed by atoms with Crippen LogP contribution in [-0.4, -0.2) is 0 Å². The Morgan fingerprint density at radius 1 is 0.684 bits per heavy atom. The summed E-state index contributed by atoms with van der Waals surface area (Å²) in [5.74, 6) is 0. The number of hydrogen-bond donors (Lipinski definition) is 0. The summed E-state index contributed by atoms with van der Waals surface area (Å²) in [6.45, 7) is 7.74. The van der Waals surface area contributed by atoms with Crippen molar-refractivity contribution in [3.8, 4) is 0 Å². The van der Waals surface area contributed by atoms with Crippen LogP contribution in [0.15, 0.2) is 61.7 Å². The summed E-state index contributed by atoms with van der Waals surface area (Å²) >= 11 is 0. The number of benzene rings is 2. The van der Waals surface area contributed by atoms with Gasteiger partial charge in [-0.05, 0) is 41.5 Å². The highest BCUT2D eigenvalue weighted by molar-refractivity contribution is 5.52. The summed E-state index contributed by atoms with van der Waals surface area (Å²) in [6, 6.07) is 17.0. The van der Waals surface area contributed by atoms with Crippen molar-refractivity contribution in [2.45, 2.75) is 19.3 Å². The minimum atomic E-state index is 1.09. The molecule has 0 amide bonds. The van der Waals surface area contributed by atoms with Crippen LogP contribution in [0.3, 0.4) is 0 Å².